The second kappa shape index (κ2) is 15.1. The molecule has 0 spiro atoms. The molecule has 0 aliphatic heterocycles. The van der Waals surface area contributed by atoms with Gasteiger partial charge in [0.2, 0.25) is 0 Å². The van der Waals surface area contributed by atoms with Crippen molar-refractivity contribution in [2.45, 2.75) is 92.4 Å². The van der Waals surface area contributed by atoms with E-state index in [2.05, 4.69) is 136 Å². The van der Waals surface area contributed by atoms with E-state index < -0.39 is 0 Å². The Morgan fingerprint density at radius 1 is 0.585 bits per heavy atom. The summed E-state index contributed by atoms with van der Waals surface area (Å²) >= 11 is 0. The minimum absolute atomic E-state index is 0. The first-order valence-corrected chi connectivity index (χ1v) is 18.2. The van der Waals surface area contributed by atoms with Gasteiger partial charge in [-0.05, 0) is 105 Å². The first kappa shape index (κ1) is 39.7. The predicted octanol–water partition coefficient (Wildman–Crippen LogP) is 13.0. The van der Waals surface area contributed by atoms with Crippen molar-refractivity contribution in [2.24, 2.45) is 0 Å². The molecule has 2 aromatic heterocycles. The first-order valence-electron chi connectivity index (χ1n) is 18.2. The molecule has 1 N–H and O–H groups in total. The van der Waals surface area contributed by atoms with Gasteiger partial charge in [0.05, 0.1) is 22.8 Å². The molecular formula is C48H52N3OPt-. The summed E-state index contributed by atoms with van der Waals surface area (Å²) < 4.78 is 0. The Hall–Kier alpha value is -4.53. The molecule has 53 heavy (non-hydrogen) atoms. The van der Waals surface area contributed by atoms with Crippen molar-refractivity contribution in [2.75, 3.05) is 4.90 Å². The van der Waals surface area contributed by atoms with Crippen LogP contribution in [0.15, 0.2) is 109 Å². The fourth-order valence-electron chi connectivity index (χ4n) is 6.65. The smallest absolute Gasteiger partial charge is 0.137 e. The zero-order valence-corrected chi connectivity index (χ0v) is 35.3. The predicted molar refractivity (Wildman–Crippen MR) is 219 cm³/mol. The van der Waals surface area contributed by atoms with Crippen LogP contribution in [0.2, 0.25) is 0 Å². The molecule has 0 aliphatic carbocycles. The van der Waals surface area contributed by atoms with Crippen LogP contribution in [-0.2, 0) is 37.3 Å². The maximum atomic E-state index is 10.9. The molecule has 0 saturated carbocycles. The molecule has 6 aromatic rings. The number of pyridine rings is 2. The second-order valence-electron chi connectivity index (χ2n) is 17.1. The number of rotatable bonds is 6. The fourth-order valence-corrected chi connectivity index (χ4v) is 6.65. The van der Waals surface area contributed by atoms with E-state index in [0.29, 0.717) is 0 Å². The van der Waals surface area contributed by atoms with Gasteiger partial charge in [-0.2, -0.15) is 0 Å². The van der Waals surface area contributed by atoms with Crippen molar-refractivity contribution in [3.05, 3.63) is 143 Å². The quantitative estimate of drug-likeness (QED) is 0.169. The van der Waals surface area contributed by atoms with Gasteiger partial charge in [0, 0.05) is 27.3 Å². The summed E-state index contributed by atoms with van der Waals surface area (Å²) in [6.45, 7) is 24.8. The van der Waals surface area contributed by atoms with E-state index >= 15 is 0 Å². The van der Waals surface area contributed by atoms with Gasteiger partial charge in [-0.25, -0.2) is 4.98 Å². The molecule has 0 radical (unpaired) electrons. The molecule has 4 aromatic carbocycles. The summed E-state index contributed by atoms with van der Waals surface area (Å²) in [5, 5.41) is 10.9. The Morgan fingerprint density at radius 3 is 1.72 bits per heavy atom. The third-order valence-electron chi connectivity index (χ3n) is 9.76. The first-order chi connectivity index (χ1) is 24.4. The zero-order chi connectivity index (χ0) is 37.6. The van der Waals surface area contributed by atoms with E-state index in [4.69, 9.17) is 9.97 Å². The van der Waals surface area contributed by atoms with Crippen LogP contribution in [0, 0.1) is 19.9 Å². The Labute approximate surface area is 331 Å². The fraction of sp³-hybridized carbons (Fsp3) is 0.292. The molecule has 276 valence electrons. The molecule has 2 heterocycles. The summed E-state index contributed by atoms with van der Waals surface area (Å²) in [7, 11) is 0. The van der Waals surface area contributed by atoms with Gasteiger partial charge in [-0.15, -0.1) is 29.8 Å². The number of hydrogen-bond donors (Lipinski definition) is 1. The Balaban J connectivity index is 0.00000541. The van der Waals surface area contributed by atoms with E-state index in [9.17, 15) is 5.11 Å². The SMILES string of the molecule is Cc1cc(C(C)(C)C)cc(C)c1N(c1[c-]c(-c2ccccc2O)ccc1)c1cc(-c2cc(C(C)(C)C)cc(C(C)(C)C)c2)cc(-c2ccccn2)n1.[Pt]. The van der Waals surface area contributed by atoms with Crippen LogP contribution in [-0.4, -0.2) is 15.1 Å². The standard InChI is InChI=1S/C48H52N3O.Pt/c1-31-23-36(46(3,4)5)24-32(2)45(31)51(39-18-16-17-33(27-39)40-19-12-13-21-43(40)52)44-29-35(28-42(50-44)41-20-14-15-22-49-41)34-25-37(47(6,7)8)30-38(26-34)48(9,10)11;/h12-26,28-30,52H,1-11H3;/q-1;. The van der Waals surface area contributed by atoms with Crippen molar-refractivity contribution >= 4 is 17.2 Å². The number of aromatic nitrogens is 2. The van der Waals surface area contributed by atoms with Gasteiger partial charge in [0.1, 0.15) is 5.82 Å². The van der Waals surface area contributed by atoms with Crippen LogP contribution < -0.4 is 4.90 Å². The molecule has 4 nitrogen and oxygen atoms in total. The van der Waals surface area contributed by atoms with Crippen LogP contribution in [0.25, 0.3) is 33.6 Å². The monoisotopic (exact) mass is 881 g/mol. The number of aromatic hydroxyl groups is 1. The summed E-state index contributed by atoms with van der Waals surface area (Å²) in [6, 6.07) is 39.2. The maximum absolute atomic E-state index is 10.9. The number of aryl methyl sites for hydroxylation is 2. The van der Waals surface area contributed by atoms with Crippen LogP contribution in [0.4, 0.5) is 17.2 Å². The zero-order valence-electron chi connectivity index (χ0n) is 33.0. The topological polar surface area (TPSA) is 49.2 Å². The molecule has 0 bridgehead atoms. The Morgan fingerprint density at radius 2 is 1.15 bits per heavy atom. The number of benzene rings is 4. The summed E-state index contributed by atoms with van der Waals surface area (Å²) in [6.07, 6.45) is 1.82. The number of phenols is 1. The molecule has 0 saturated heterocycles. The molecule has 5 heteroatoms. The number of para-hydroxylation sites is 1. The average molecular weight is 882 g/mol. The summed E-state index contributed by atoms with van der Waals surface area (Å²) in [4.78, 5) is 12.4. The van der Waals surface area contributed by atoms with Crippen LogP contribution >= 0.6 is 0 Å². The van der Waals surface area contributed by atoms with Gasteiger partial charge >= 0.3 is 0 Å². The average Bonchev–Trinajstić information content (AvgIpc) is 3.09. The molecule has 0 atom stereocenters. The maximum Gasteiger partial charge on any atom is 0.137 e. The molecule has 0 unspecified atom stereocenters. The van der Waals surface area contributed by atoms with Crippen molar-refractivity contribution in [1.29, 1.82) is 0 Å². The molecule has 0 aliphatic rings. The van der Waals surface area contributed by atoms with E-state index in [1.165, 1.54) is 16.7 Å². The van der Waals surface area contributed by atoms with Crippen LogP contribution in [0.1, 0.15) is 90.1 Å². The van der Waals surface area contributed by atoms with Crippen LogP contribution in [0.3, 0.4) is 0 Å². The Bertz CT molecular complexity index is 2180. The van der Waals surface area contributed by atoms with Crippen molar-refractivity contribution < 1.29 is 26.2 Å². The van der Waals surface area contributed by atoms with E-state index in [1.807, 2.05) is 54.7 Å². The number of hydrogen-bond acceptors (Lipinski definition) is 4. The van der Waals surface area contributed by atoms with Gasteiger partial charge in [-0.1, -0.05) is 122 Å². The minimum atomic E-state index is -0.0385. The molecule has 6 rings (SSSR count). The minimum Gasteiger partial charge on any atom is -0.517 e. The second-order valence-corrected chi connectivity index (χ2v) is 17.1. The van der Waals surface area contributed by atoms with Gasteiger partial charge in [0.15, 0.2) is 0 Å². The van der Waals surface area contributed by atoms with Gasteiger partial charge in [-0.3, -0.25) is 4.98 Å². The molecule has 0 amide bonds. The normalized spacial score (nSPS) is 12.0. The molecule has 0 fully saturated rings. The van der Waals surface area contributed by atoms with Gasteiger partial charge in [0.25, 0.3) is 0 Å². The largest absolute Gasteiger partial charge is 0.517 e. The third kappa shape index (κ3) is 8.66. The van der Waals surface area contributed by atoms with E-state index in [0.717, 1.165) is 62.0 Å². The van der Waals surface area contributed by atoms with Crippen molar-refractivity contribution in [3.8, 4) is 39.4 Å². The van der Waals surface area contributed by atoms with E-state index in [-0.39, 0.29) is 43.1 Å². The van der Waals surface area contributed by atoms with Gasteiger partial charge < -0.3 is 10.0 Å². The number of phenolic OH excluding ortho intramolecular Hbond substituents is 1. The Kier molecular flexibility index (Phi) is 11.3. The summed E-state index contributed by atoms with van der Waals surface area (Å²) in [5.74, 6) is 0.979. The number of anilines is 3. The number of nitrogens with zero attached hydrogens (tertiary/aromatic N) is 3. The van der Waals surface area contributed by atoms with Crippen molar-refractivity contribution in [3.63, 3.8) is 0 Å². The summed E-state index contributed by atoms with van der Waals surface area (Å²) in [5.41, 5.74) is 13.2. The molecular weight excluding hydrogens is 830 g/mol. The van der Waals surface area contributed by atoms with Crippen LogP contribution in [0.5, 0.6) is 5.75 Å². The van der Waals surface area contributed by atoms with E-state index in [1.54, 1.807) is 6.07 Å². The van der Waals surface area contributed by atoms with Crippen molar-refractivity contribution in [1.82, 2.24) is 9.97 Å². The third-order valence-corrected chi connectivity index (χ3v) is 9.76.